The second kappa shape index (κ2) is 9.88. The molecule has 1 aliphatic heterocycles. The third-order valence-corrected chi connectivity index (χ3v) is 8.69. The van der Waals surface area contributed by atoms with Crippen LogP contribution in [0.15, 0.2) is 41.3 Å². The molecule has 7 nitrogen and oxygen atoms in total. The molecule has 3 aromatic rings. The van der Waals surface area contributed by atoms with Gasteiger partial charge in [0.25, 0.3) is 0 Å². The van der Waals surface area contributed by atoms with Gasteiger partial charge in [-0.25, -0.2) is 13.4 Å². The van der Waals surface area contributed by atoms with Crippen molar-refractivity contribution in [2.75, 3.05) is 20.1 Å². The van der Waals surface area contributed by atoms with Crippen molar-refractivity contribution in [1.29, 1.82) is 0 Å². The van der Waals surface area contributed by atoms with E-state index in [4.69, 9.17) is 0 Å². The fraction of sp³-hybridized carbons (Fsp3) is 0.462. The van der Waals surface area contributed by atoms with Crippen molar-refractivity contribution in [3.05, 3.63) is 58.9 Å². The van der Waals surface area contributed by atoms with E-state index >= 15 is 0 Å². The Labute approximate surface area is 202 Å². The highest BCUT2D eigenvalue weighted by atomic mass is 32.2. The van der Waals surface area contributed by atoms with Gasteiger partial charge in [-0.2, -0.15) is 4.31 Å². The number of imidazole rings is 1. The lowest BCUT2D eigenvalue weighted by Crippen LogP contribution is -2.35. The Kier molecular flexibility index (Phi) is 7.09. The molecule has 1 saturated heterocycles. The second-order valence-electron chi connectivity index (χ2n) is 9.38. The molecule has 2 heterocycles. The van der Waals surface area contributed by atoms with Crippen LogP contribution in [0.25, 0.3) is 11.0 Å². The van der Waals surface area contributed by atoms with Crippen molar-refractivity contribution in [2.45, 2.75) is 57.4 Å². The summed E-state index contributed by atoms with van der Waals surface area (Å²) in [4.78, 5) is 19.5. The molecule has 2 aromatic carbocycles. The van der Waals surface area contributed by atoms with E-state index in [0.29, 0.717) is 38.0 Å². The Hall–Kier alpha value is -2.71. The summed E-state index contributed by atoms with van der Waals surface area (Å²) < 4.78 is 29.6. The summed E-state index contributed by atoms with van der Waals surface area (Å²) >= 11 is 0. The van der Waals surface area contributed by atoms with Gasteiger partial charge in [-0.15, -0.1) is 0 Å². The number of fused-ring (bicyclic) bond motifs is 1. The van der Waals surface area contributed by atoms with Crippen molar-refractivity contribution in [3.8, 4) is 0 Å². The minimum atomic E-state index is -3.51. The van der Waals surface area contributed by atoms with E-state index in [1.807, 2.05) is 24.7 Å². The molecule has 182 valence electrons. The van der Waals surface area contributed by atoms with E-state index in [1.165, 1.54) is 11.1 Å². The number of amides is 1. The van der Waals surface area contributed by atoms with Crippen LogP contribution in [0, 0.1) is 13.8 Å². The molecule has 4 rings (SSSR count). The van der Waals surface area contributed by atoms with E-state index in [9.17, 15) is 13.2 Å². The topological polar surface area (TPSA) is 75.5 Å². The van der Waals surface area contributed by atoms with Crippen LogP contribution < -0.4 is 0 Å². The number of rotatable bonds is 7. The minimum Gasteiger partial charge on any atom is -0.341 e. The molecule has 0 spiro atoms. The molecule has 0 atom stereocenters. The Morgan fingerprint density at radius 1 is 1.06 bits per heavy atom. The Morgan fingerprint density at radius 3 is 2.50 bits per heavy atom. The average molecular weight is 483 g/mol. The lowest BCUT2D eigenvalue weighted by molar-refractivity contribution is -0.130. The summed E-state index contributed by atoms with van der Waals surface area (Å²) in [7, 11) is 0.231. The van der Waals surface area contributed by atoms with Crippen LogP contribution in [0.4, 0.5) is 0 Å². The molecule has 0 unspecified atom stereocenters. The molecular formula is C26H34N4O3S. The number of benzene rings is 2. The highest BCUT2D eigenvalue weighted by molar-refractivity contribution is 7.89. The summed E-state index contributed by atoms with van der Waals surface area (Å²) in [5.41, 5.74) is 5.05. The largest absolute Gasteiger partial charge is 0.341 e. The van der Waals surface area contributed by atoms with E-state index in [1.54, 1.807) is 21.3 Å². The number of hydrogen-bond donors (Lipinski definition) is 0. The number of nitrogens with zero attached hydrogens (tertiary/aromatic N) is 4. The van der Waals surface area contributed by atoms with Crippen LogP contribution >= 0.6 is 0 Å². The van der Waals surface area contributed by atoms with Gasteiger partial charge in [0.1, 0.15) is 5.82 Å². The van der Waals surface area contributed by atoms with Gasteiger partial charge in [-0.1, -0.05) is 30.2 Å². The standard InChI is InChI=1S/C26H34N4O3S/c1-19-8-9-21(20(2)16-19)18-28(3)26(31)13-12-25-27-23-17-22(10-11-24(23)29(25)4)34(32,33)30-14-6-5-7-15-30/h8-11,16-17H,5-7,12-15,18H2,1-4H3. The van der Waals surface area contributed by atoms with Crippen LogP contribution in [0.5, 0.6) is 0 Å². The average Bonchev–Trinajstić information content (AvgIpc) is 3.14. The van der Waals surface area contributed by atoms with Gasteiger partial charge in [0, 0.05) is 46.6 Å². The molecule has 8 heteroatoms. The number of carbonyl (C=O) groups excluding carboxylic acids is 1. The third-order valence-electron chi connectivity index (χ3n) is 6.79. The van der Waals surface area contributed by atoms with Gasteiger partial charge >= 0.3 is 0 Å². The fourth-order valence-corrected chi connectivity index (χ4v) is 6.18. The van der Waals surface area contributed by atoms with Crippen molar-refractivity contribution in [2.24, 2.45) is 7.05 Å². The minimum absolute atomic E-state index is 0.0559. The molecule has 1 aliphatic rings. The summed E-state index contributed by atoms with van der Waals surface area (Å²) in [6.45, 7) is 5.86. The molecule has 0 saturated carbocycles. The van der Waals surface area contributed by atoms with E-state index in [2.05, 4.69) is 37.0 Å². The molecule has 34 heavy (non-hydrogen) atoms. The first kappa shape index (κ1) is 24.4. The van der Waals surface area contributed by atoms with Gasteiger partial charge in [0.15, 0.2) is 0 Å². The molecule has 1 amide bonds. The Morgan fingerprint density at radius 2 is 1.79 bits per heavy atom. The first-order chi connectivity index (χ1) is 16.2. The van der Waals surface area contributed by atoms with Crippen molar-refractivity contribution in [3.63, 3.8) is 0 Å². The van der Waals surface area contributed by atoms with Crippen molar-refractivity contribution >= 4 is 27.0 Å². The van der Waals surface area contributed by atoms with Gasteiger partial charge < -0.3 is 9.47 Å². The van der Waals surface area contributed by atoms with Crippen LogP contribution in [0.1, 0.15) is 48.2 Å². The predicted molar refractivity (Wildman–Crippen MR) is 134 cm³/mol. The summed E-state index contributed by atoms with van der Waals surface area (Å²) in [6.07, 6.45) is 3.72. The normalized spacial score (nSPS) is 15.1. The summed E-state index contributed by atoms with van der Waals surface area (Å²) in [6, 6.07) is 11.4. The SMILES string of the molecule is Cc1ccc(CN(C)C(=O)CCc2nc3cc(S(=O)(=O)N4CCCCC4)ccc3n2C)c(C)c1. The Bertz CT molecular complexity index is 1310. The molecular weight excluding hydrogens is 448 g/mol. The fourth-order valence-electron chi connectivity index (χ4n) is 4.64. The molecule has 0 N–H and O–H groups in total. The highest BCUT2D eigenvalue weighted by Crippen LogP contribution is 2.25. The van der Waals surface area contributed by atoms with Crippen LogP contribution in [-0.2, 0) is 34.8 Å². The van der Waals surface area contributed by atoms with Crippen molar-refractivity contribution < 1.29 is 13.2 Å². The Balaban J connectivity index is 1.46. The van der Waals surface area contributed by atoms with Crippen LogP contribution in [0.2, 0.25) is 0 Å². The van der Waals surface area contributed by atoms with Gasteiger partial charge in [0.2, 0.25) is 15.9 Å². The van der Waals surface area contributed by atoms with E-state index in [0.717, 1.165) is 36.2 Å². The van der Waals surface area contributed by atoms with Gasteiger partial charge in [0.05, 0.1) is 15.9 Å². The van der Waals surface area contributed by atoms with Crippen molar-refractivity contribution in [1.82, 2.24) is 18.8 Å². The highest BCUT2D eigenvalue weighted by Gasteiger charge is 2.26. The molecule has 0 bridgehead atoms. The predicted octanol–water partition coefficient (Wildman–Crippen LogP) is 3.96. The lowest BCUT2D eigenvalue weighted by Gasteiger charge is -2.25. The zero-order valence-corrected chi connectivity index (χ0v) is 21.4. The number of aryl methyl sites for hydroxylation is 4. The summed E-state index contributed by atoms with van der Waals surface area (Å²) in [5, 5.41) is 0. The quantitative estimate of drug-likeness (QED) is 0.511. The molecule has 1 aromatic heterocycles. The first-order valence-electron chi connectivity index (χ1n) is 11.9. The van der Waals surface area contributed by atoms with E-state index in [-0.39, 0.29) is 10.8 Å². The van der Waals surface area contributed by atoms with Crippen LogP contribution in [-0.4, -0.2) is 53.2 Å². The first-order valence-corrected chi connectivity index (χ1v) is 13.4. The van der Waals surface area contributed by atoms with Crippen LogP contribution in [0.3, 0.4) is 0 Å². The molecule has 0 radical (unpaired) electrons. The smallest absolute Gasteiger partial charge is 0.243 e. The second-order valence-corrected chi connectivity index (χ2v) is 11.3. The number of piperidine rings is 1. The summed E-state index contributed by atoms with van der Waals surface area (Å²) in [5.74, 6) is 0.830. The zero-order valence-electron chi connectivity index (χ0n) is 20.5. The van der Waals surface area contributed by atoms with Gasteiger partial charge in [-0.05, 0) is 56.0 Å². The molecule has 0 aliphatic carbocycles. The number of hydrogen-bond acceptors (Lipinski definition) is 4. The monoisotopic (exact) mass is 482 g/mol. The maximum Gasteiger partial charge on any atom is 0.243 e. The van der Waals surface area contributed by atoms with E-state index < -0.39 is 10.0 Å². The third kappa shape index (κ3) is 5.03. The zero-order chi connectivity index (χ0) is 24.5. The number of sulfonamides is 1. The van der Waals surface area contributed by atoms with Gasteiger partial charge in [-0.3, -0.25) is 4.79 Å². The maximum atomic E-state index is 13.0. The lowest BCUT2D eigenvalue weighted by atomic mass is 10.1. The number of aromatic nitrogens is 2. The molecule has 1 fully saturated rings. The number of carbonyl (C=O) groups is 1. The maximum absolute atomic E-state index is 13.0.